The molecule has 3 rings (SSSR count). The molecule has 0 radical (unpaired) electrons. The topological polar surface area (TPSA) is 59.9 Å². The molecule has 1 aliphatic carbocycles. The van der Waals surface area contributed by atoms with Gasteiger partial charge in [-0.05, 0) is 49.4 Å². The second kappa shape index (κ2) is 9.05. The number of alkyl halides is 4. The van der Waals surface area contributed by atoms with Gasteiger partial charge >= 0.3 is 13.2 Å². The Bertz CT molecular complexity index is 847. The number of hydrogen-bond acceptors (Lipinski definition) is 5. The molecular weight excluding hydrogens is 400 g/mol. The lowest BCUT2D eigenvalue weighted by Crippen LogP contribution is -2.16. The van der Waals surface area contributed by atoms with E-state index < -0.39 is 24.9 Å². The molecule has 0 fully saturated rings. The van der Waals surface area contributed by atoms with Crippen LogP contribution in [0.2, 0.25) is 0 Å². The first-order valence-corrected chi connectivity index (χ1v) is 9.22. The molecule has 0 bridgehead atoms. The Labute approximate surface area is 162 Å². The van der Waals surface area contributed by atoms with E-state index >= 15 is 0 Å². The maximum absolute atomic E-state index is 12.6. The highest BCUT2D eigenvalue weighted by molar-refractivity contribution is 7.14. The minimum atomic E-state index is -3.17. The van der Waals surface area contributed by atoms with Crippen LogP contribution in [-0.4, -0.2) is 25.3 Å². The van der Waals surface area contributed by atoms with Crippen LogP contribution in [0.3, 0.4) is 0 Å². The van der Waals surface area contributed by atoms with Gasteiger partial charge in [0.15, 0.2) is 0 Å². The van der Waals surface area contributed by atoms with Crippen LogP contribution in [-0.2, 0) is 12.8 Å². The monoisotopic (exact) mass is 416 g/mol. The number of thiophene rings is 1. The number of nitrogens with zero attached hydrogens (tertiary/aromatic N) is 1. The molecule has 1 heterocycles. The maximum Gasteiger partial charge on any atom is 0.387 e. The molecule has 2 aromatic rings. The first kappa shape index (κ1) is 20.1. The van der Waals surface area contributed by atoms with Crippen LogP contribution in [0.4, 0.5) is 17.6 Å². The second-order valence-corrected chi connectivity index (χ2v) is 7.06. The molecular formula is C18H16F4N2O3S. The van der Waals surface area contributed by atoms with Gasteiger partial charge in [-0.3, -0.25) is 4.79 Å². The van der Waals surface area contributed by atoms with Crippen molar-refractivity contribution in [3.05, 3.63) is 45.1 Å². The van der Waals surface area contributed by atoms with Gasteiger partial charge in [-0.25, -0.2) is 5.43 Å². The maximum atomic E-state index is 12.6. The van der Waals surface area contributed by atoms with E-state index in [0.717, 1.165) is 44.0 Å². The van der Waals surface area contributed by atoms with E-state index in [1.165, 1.54) is 27.8 Å². The van der Waals surface area contributed by atoms with E-state index in [9.17, 15) is 22.4 Å². The van der Waals surface area contributed by atoms with Gasteiger partial charge in [-0.1, -0.05) is 0 Å². The molecule has 1 aromatic heterocycles. The quantitative estimate of drug-likeness (QED) is 0.408. The molecule has 1 amide bonds. The lowest BCUT2D eigenvalue weighted by atomic mass is 9.99. The van der Waals surface area contributed by atoms with Gasteiger partial charge in [0, 0.05) is 16.5 Å². The molecule has 0 unspecified atom stereocenters. The number of carbonyl (C=O) groups excluding carboxylic acids is 1. The van der Waals surface area contributed by atoms with Crippen molar-refractivity contribution in [3.8, 4) is 11.5 Å². The van der Waals surface area contributed by atoms with Gasteiger partial charge in [-0.2, -0.15) is 22.7 Å². The minimum Gasteiger partial charge on any atom is -0.435 e. The molecule has 150 valence electrons. The summed E-state index contributed by atoms with van der Waals surface area (Å²) in [7, 11) is 0. The summed E-state index contributed by atoms with van der Waals surface area (Å²) >= 11 is 1.41. The number of ether oxygens (including phenoxy) is 2. The number of benzene rings is 1. The Morgan fingerprint density at radius 2 is 1.86 bits per heavy atom. The molecule has 10 heteroatoms. The lowest BCUT2D eigenvalue weighted by molar-refractivity contribution is -0.0543. The standard InChI is InChI=1S/C18H16F4N2O3S/c19-17(20)26-12-6-5-11(13(8-12)27-18(21)22)9-23-24-16(25)15-7-10-3-1-2-4-14(10)28-15/h5-9,17-18H,1-4H2,(H,24,25)/b23-9+. The number of hydrogen-bond donors (Lipinski definition) is 1. The van der Waals surface area contributed by atoms with Crippen molar-refractivity contribution in [2.75, 3.05) is 0 Å². The summed E-state index contributed by atoms with van der Waals surface area (Å²) in [4.78, 5) is 13.9. The molecule has 0 saturated carbocycles. The first-order chi connectivity index (χ1) is 13.4. The Kier molecular flexibility index (Phi) is 6.50. The van der Waals surface area contributed by atoms with Crippen molar-refractivity contribution < 1.29 is 31.8 Å². The van der Waals surface area contributed by atoms with Gasteiger partial charge in [0.05, 0.1) is 11.1 Å². The number of hydrazone groups is 1. The zero-order valence-electron chi connectivity index (χ0n) is 14.5. The number of carbonyl (C=O) groups is 1. The van der Waals surface area contributed by atoms with Crippen molar-refractivity contribution in [1.82, 2.24) is 5.43 Å². The normalized spacial score (nSPS) is 13.8. The Morgan fingerprint density at radius 1 is 1.11 bits per heavy atom. The summed E-state index contributed by atoms with van der Waals surface area (Å²) in [5.41, 5.74) is 3.57. The van der Waals surface area contributed by atoms with E-state index in [-0.39, 0.29) is 11.3 Å². The highest BCUT2D eigenvalue weighted by Crippen LogP contribution is 2.30. The summed E-state index contributed by atoms with van der Waals surface area (Å²) < 4.78 is 58.1. The van der Waals surface area contributed by atoms with Crippen LogP contribution in [0.15, 0.2) is 29.4 Å². The lowest BCUT2D eigenvalue weighted by Gasteiger charge is -2.10. The zero-order chi connectivity index (χ0) is 20.1. The highest BCUT2D eigenvalue weighted by atomic mass is 32.1. The van der Waals surface area contributed by atoms with E-state index in [0.29, 0.717) is 4.88 Å². The molecule has 5 nitrogen and oxygen atoms in total. The minimum absolute atomic E-state index is 0.0627. The second-order valence-electron chi connectivity index (χ2n) is 5.92. The van der Waals surface area contributed by atoms with Crippen LogP contribution in [0.1, 0.15) is 38.5 Å². The van der Waals surface area contributed by atoms with Crippen LogP contribution in [0.25, 0.3) is 0 Å². The van der Waals surface area contributed by atoms with Crippen LogP contribution in [0, 0.1) is 0 Å². The Hall–Kier alpha value is -2.62. The predicted octanol–water partition coefficient (Wildman–Crippen LogP) is 4.59. The largest absolute Gasteiger partial charge is 0.435 e. The molecule has 0 spiro atoms. The summed E-state index contributed by atoms with van der Waals surface area (Å²) in [5.74, 6) is -1.15. The summed E-state index contributed by atoms with van der Waals surface area (Å²) in [6.07, 6.45) is 5.20. The fraction of sp³-hybridized carbons (Fsp3) is 0.333. The van der Waals surface area contributed by atoms with Gasteiger partial charge < -0.3 is 9.47 Å². The number of fused-ring (bicyclic) bond motifs is 1. The van der Waals surface area contributed by atoms with Gasteiger partial charge in [0.2, 0.25) is 0 Å². The Balaban J connectivity index is 1.70. The van der Waals surface area contributed by atoms with E-state index in [4.69, 9.17) is 0 Å². The smallest absolute Gasteiger partial charge is 0.387 e. The first-order valence-electron chi connectivity index (χ1n) is 8.41. The molecule has 28 heavy (non-hydrogen) atoms. The van der Waals surface area contributed by atoms with Crippen molar-refractivity contribution >= 4 is 23.5 Å². The highest BCUT2D eigenvalue weighted by Gasteiger charge is 2.17. The van der Waals surface area contributed by atoms with Crippen molar-refractivity contribution in [3.63, 3.8) is 0 Å². The van der Waals surface area contributed by atoms with Crippen LogP contribution >= 0.6 is 11.3 Å². The van der Waals surface area contributed by atoms with Crippen molar-refractivity contribution in [2.24, 2.45) is 5.10 Å². The van der Waals surface area contributed by atoms with Gasteiger partial charge in [0.25, 0.3) is 5.91 Å². The number of rotatable bonds is 7. The third-order valence-electron chi connectivity index (χ3n) is 4.02. The summed E-state index contributed by atoms with van der Waals surface area (Å²) in [6, 6.07) is 5.11. The number of amides is 1. The zero-order valence-corrected chi connectivity index (χ0v) is 15.3. The van der Waals surface area contributed by atoms with Gasteiger partial charge in [-0.15, -0.1) is 11.3 Å². The molecule has 0 aliphatic heterocycles. The number of nitrogens with one attached hydrogen (secondary N) is 1. The molecule has 1 N–H and O–H groups in total. The van der Waals surface area contributed by atoms with E-state index in [1.54, 1.807) is 0 Å². The van der Waals surface area contributed by atoms with E-state index in [2.05, 4.69) is 20.0 Å². The van der Waals surface area contributed by atoms with Crippen LogP contribution < -0.4 is 14.9 Å². The van der Waals surface area contributed by atoms with Crippen molar-refractivity contribution in [1.29, 1.82) is 0 Å². The summed E-state index contributed by atoms with van der Waals surface area (Å²) in [6.45, 7) is -6.27. The van der Waals surface area contributed by atoms with E-state index in [1.807, 2.05) is 6.07 Å². The molecule has 0 saturated heterocycles. The van der Waals surface area contributed by atoms with Crippen LogP contribution in [0.5, 0.6) is 11.5 Å². The molecule has 1 aliphatic rings. The SMILES string of the molecule is O=C(N/N=C/c1ccc(OC(F)F)cc1OC(F)F)c1cc2c(s1)CCCC2. The summed E-state index contributed by atoms with van der Waals surface area (Å²) in [5, 5.41) is 3.75. The average Bonchev–Trinajstić information content (AvgIpc) is 3.06. The van der Waals surface area contributed by atoms with Gasteiger partial charge in [0.1, 0.15) is 11.5 Å². The predicted molar refractivity (Wildman–Crippen MR) is 95.7 cm³/mol. The third-order valence-corrected chi connectivity index (χ3v) is 5.25. The third kappa shape index (κ3) is 5.22. The number of aryl methyl sites for hydroxylation is 2. The van der Waals surface area contributed by atoms with Crippen molar-refractivity contribution in [2.45, 2.75) is 38.9 Å². The Morgan fingerprint density at radius 3 is 2.57 bits per heavy atom. The average molecular weight is 416 g/mol. The molecule has 1 aromatic carbocycles. The fourth-order valence-electron chi connectivity index (χ4n) is 2.81. The molecule has 0 atom stereocenters. The number of halogens is 4. The fourth-order valence-corrected chi connectivity index (χ4v) is 3.96.